The van der Waals surface area contributed by atoms with E-state index in [1.807, 2.05) is 0 Å². The molecule has 8 nitrogen and oxygen atoms in total. The van der Waals surface area contributed by atoms with Gasteiger partial charge >= 0.3 is 59.1 Å². The molecule has 1 aliphatic heterocycles. The van der Waals surface area contributed by atoms with Gasteiger partial charge in [0.25, 0.3) is 15.6 Å². The van der Waals surface area contributed by atoms with Gasteiger partial charge in [0.1, 0.15) is 6.61 Å². The minimum atomic E-state index is -5.01. The molecule has 1 aliphatic rings. The number of phosphoric ester groups is 2. The van der Waals surface area contributed by atoms with Gasteiger partial charge in [0.15, 0.2) is 6.29 Å². The van der Waals surface area contributed by atoms with Gasteiger partial charge in [-0.15, -0.1) is 0 Å². The molecule has 0 aromatic rings. The van der Waals surface area contributed by atoms with Crippen LogP contribution in [0.3, 0.4) is 0 Å². The van der Waals surface area contributed by atoms with Crippen LogP contribution in [0.25, 0.3) is 0 Å². The SMILES string of the molecule is O=P1([O-])OCC(O)OP(=O)([O-])O1.[Na+].[Na+]. The maximum absolute atomic E-state index is 10.5. The van der Waals surface area contributed by atoms with Crippen molar-refractivity contribution < 1.29 is 96.5 Å². The summed E-state index contributed by atoms with van der Waals surface area (Å²) in [5.41, 5.74) is 0. The number of hydrogen-bond donors (Lipinski definition) is 1. The van der Waals surface area contributed by atoms with E-state index in [9.17, 15) is 18.9 Å². The monoisotopic (exact) mass is 264 g/mol. The average molecular weight is 264 g/mol. The van der Waals surface area contributed by atoms with Crippen molar-refractivity contribution in [2.75, 3.05) is 6.61 Å². The average Bonchev–Trinajstić information content (AvgIpc) is 1.86. The number of aliphatic hydroxyl groups is 1. The van der Waals surface area contributed by atoms with E-state index in [-0.39, 0.29) is 59.1 Å². The van der Waals surface area contributed by atoms with Gasteiger partial charge in [0.2, 0.25) is 0 Å². The van der Waals surface area contributed by atoms with Crippen molar-refractivity contribution in [1.82, 2.24) is 0 Å². The van der Waals surface area contributed by atoms with Gasteiger partial charge in [0.05, 0.1) is 0 Å². The summed E-state index contributed by atoms with van der Waals surface area (Å²) in [5.74, 6) is 0. The van der Waals surface area contributed by atoms with Crippen LogP contribution in [0.15, 0.2) is 0 Å². The van der Waals surface area contributed by atoms with Crippen molar-refractivity contribution in [3.63, 3.8) is 0 Å². The predicted octanol–water partition coefficient (Wildman–Crippen LogP) is -7.69. The fraction of sp³-hybridized carbons (Fsp3) is 1.00. The van der Waals surface area contributed by atoms with E-state index < -0.39 is 28.5 Å². The van der Waals surface area contributed by atoms with Crippen LogP contribution in [0.5, 0.6) is 0 Å². The normalized spacial score (nSPS) is 42.9. The van der Waals surface area contributed by atoms with Gasteiger partial charge in [-0.3, -0.25) is 13.7 Å². The summed E-state index contributed by atoms with van der Waals surface area (Å²) in [7, 11) is -9.91. The van der Waals surface area contributed by atoms with E-state index in [1.165, 1.54) is 0 Å². The quantitative estimate of drug-likeness (QED) is 0.337. The van der Waals surface area contributed by atoms with E-state index in [2.05, 4.69) is 13.4 Å². The third kappa shape index (κ3) is 6.73. The number of hydrogen-bond acceptors (Lipinski definition) is 8. The van der Waals surface area contributed by atoms with Crippen molar-refractivity contribution in [2.45, 2.75) is 6.29 Å². The van der Waals surface area contributed by atoms with Crippen LogP contribution in [-0.4, -0.2) is 18.0 Å². The number of phosphoric acid groups is 2. The Bertz CT molecular complexity index is 268. The molecule has 1 heterocycles. The molecule has 12 heteroatoms. The van der Waals surface area contributed by atoms with Crippen LogP contribution in [-0.2, 0) is 22.5 Å². The van der Waals surface area contributed by atoms with Crippen LogP contribution in [0, 0.1) is 0 Å². The molecule has 0 saturated carbocycles. The Hall–Kier alpha value is 2.22. The first-order valence-corrected chi connectivity index (χ1v) is 5.57. The molecule has 3 unspecified atom stereocenters. The molecule has 0 spiro atoms. The minimum absolute atomic E-state index is 0. The van der Waals surface area contributed by atoms with Gasteiger partial charge in [-0.2, -0.15) is 0 Å². The molecule has 0 bridgehead atoms. The third-order valence-electron chi connectivity index (χ3n) is 0.826. The summed E-state index contributed by atoms with van der Waals surface area (Å²) in [6.07, 6.45) is -1.86. The van der Waals surface area contributed by atoms with Crippen molar-refractivity contribution >= 4 is 15.6 Å². The van der Waals surface area contributed by atoms with Gasteiger partial charge in [-0.05, 0) is 0 Å². The van der Waals surface area contributed by atoms with Gasteiger partial charge in [-0.1, -0.05) is 0 Å². The Labute approximate surface area is 124 Å². The largest absolute Gasteiger partial charge is 1.00 e. The van der Waals surface area contributed by atoms with E-state index in [0.717, 1.165) is 0 Å². The summed E-state index contributed by atoms with van der Waals surface area (Å²) in [6.45, 7) is -0.812. The van der Waals surface area contributed by atoms with Crippen LogP contribution >= 0.6 is 15.6 Å². The molecular weight excluding hydrogens is 260 g/mol. The fourth-order valence-corrected chi connectivity index (χ4v) is 2.49. The standard InChI is InChI=1S/C2H6O8P2.2Na/c3-2-1-8-11(4,5)10-12(6,7)9-2;;/h2-3H,1H2,(H,4,5)(H,6,7);;/q;2*+1/p-2. The van der Waals surface area contributed by atoms with E-state index in [0.29, 0.717) is 0 Å². The molecule has 0 radical (unpaired) electrons. The second-order valence-corrected chi connectivity index (χ2v) is 4.74. The molecule has 0 aliphatic carbocycles. The van der Waals surface area contributed by atoms with Crippen LogP contribution in [0.1, 0.15) is 0 Å². The van der Waals surface area contributed by atoms with E-state index in [4.69, 9.17) is 5.11 Å². The first kappa shape index (κ1) is 18.6. The summed E-state index contributed by atoms with van der Waals surface area (Å²) in [5, 5.41) is 8.60. The molecule has 0 aromatic carbocycles. The van der Waals surface area contributed by atoms with Crippen LogP contribution in [0.4, 0.5) is 0 Å². The summed E-state index contributed by atoms with van der Waals surface area (Å²) >= 11 is 0. The second-order valence-electron chi connectivity index (χ2n) is 1.83. The van der Waals surface area contributed by atoms with Gasteiger partial charge in [-0.25, -0.2) is 4.31 Å². The molecular formula is C2H4Na2O8P2. The fourth-order valence-electron chi connectivity index (χ4n) is 0.500. The summed E-state index contributed by atoms with van der Waals surface area (Å²) in [4.78, 5) is 20.9. The smallest absolute Gasteiger partial charge is 0.756 e. The zero-order valence-corrected chi connectivity index (χ0v) is 13.3. The van der Waals surface area contributed by atoms with Gasteiger partial charge in [0, 0.05) is 0 Å². The predicted molar refractivity (Wildman–Crippen MR) is 29.3 cm³/mol. The van der Waals surface area contributed by atoms with Gasteiger partial charge < -0.3 is 19.4 Å². The molecule has 14 heavy (non-hydrogen) atoms. The Morgan fingerprint density at radius 3 is 2.21 bits per heavy atom. The van der Waals surface area contributed by atoms with Crippen LogP contribution in [0.2, 0.25) is 0 Å². The zero-order valence-electron chi connectivity index (χ0n) is 7.48. The van der Waals surface area contributed by atoms with Crippen molar-refractivity contribution in [1.29, 1.82) is 0 Å². The number of rotatable bonds is 0. The van der Waals surface area contributed by atoms with Crippen molar-refractivity contribution in [3.8, 4) is 0 Å². The minimum Gasteiger partial charge on any atom is -0.756 e. The van der Waals surface area contributed by atoms with Crippen LogP contribution < -0.4 is 68.9 Å². The Morgan fingerprint density at radius 2 is 1.71 bits per heavy atom. The number of aliphatic hydroxyl groups excluding tert-OH is 1. The molecule has 72 valence electrons. The molecule has 0 amide bonds. The van der Waals surface area contributed by atoms with E-state index >= 15 is 0 Å². The third-order valence-corrected chi connectivity index (χ3v) is 3.39. The molecule has 0 aromatic heterocycles. The first-order valence-electron chi connectivity index (χ1n) is 2.65. The maximum Gasteiger partial charge on any atom is 1.00 e. The van der Waals surface area contributed by atoms with Crippen molar-refractivity contribution in [2.24, 2.45) is 0 Å². The molecule has 1 fully saturated rings. The Balaban J connectivity index is 0. The molecule has 1 saturated heterocycles. The molecule has 1 rings (SSSR count). The second kappa shape index (κ2) is 6.83. The first-order chi connectivity index (χ1) is 5.31. The topological polar surface area (TPSA) is 128 Å². The molecule has 3 atom stereocenters. The maximum atomic E-state index is 10.5. The van der Waals surface area contributed by atoms with Crippen molar-refractivity contribution in [3.05, 3.63) is 0 Å². The zero-order chi connectivity index (χ0) is 9.41. The Kier molecular flexibility index (Phi) is 9.07. The van der Waals surface area contributed by atoms with E-state index in [1.54, 1.807) is 0 Å². The Morgan fingerprint density at radius 1 is 1.21 bits per heavy atom. The molecule has 1 N–H and O–H groups in total. The summed E-state index contributed by atoms with van der Waals surface area (Å²) < 4.78 is 32.0. The summed E-state index contributed by atoms with van der Waals surface area (Å²) in [6, 6.07) is 0.